The molecule has 1 N–H and O–H groups in total. The second-order valence-electron chi connectivity index (χ2n) is 5.45. The van der Waals surface area contributed by atoms with Crippen LogP contribution in [0.2, 0.25) is 0 Å². The first-order valence-electron chi connectivity index (χ1n) is 6.09. The van der Waals surface area contributed by atoms with E-state index in [0.717, 1.165) is 32.2 Å². The zero-order valence-corrected chi connectivity index (χ0v) is 10.9. The van der Waals surface area contributed by atoms with Gasteiger partial charge in [0.25, 0.3) is 0 Å². The van der Waals surface area contributed by atoms with Crippen LogP contribution in [0.3, 0.4) is 0 Å². The van der Waals surface area contributed by atoms with Gasteiger partial charge in [0.05, 0.1) is 0 Å². The number of hydrogen-bond acceptors (Lipinski definition) is 4. The molecule has 17 heavy (non-hydrogen) atoms. The highest BCUT2D eigenvalue weighted by molar-refractivity contribution is 5.67. The van der Waals surface area contributed by atoms with Gasteiger partial charge in [-0.1, -0.05) is 0 Å². The number of hydrogen-bond donors (Lipinski definition) is 1. The van der Waals surface area contributed by atoms with E-state index in [1.807, 2.05) is 25.8 Å². The van der Waals surface area contributed by atoms with Crippen molar-refractivity contribution in [2.24, 2.45) is 5.92 Å². The molecule has 0 bridgehead atoms. The van der Waals surface area contributed by atoms with E-state index in [4.69, 9.17) is 4.74 Å². The summed E-state index contributed by atoms with van der Waals surface area (Å²) in [5.41, 5.74) is 2.25. The lowest BCUT2D eigenvalue weighted by atomic mass is 9.95. The lowest BCUT2D eigenvalue weighted by Gasteiger charge is -2.31. The van der Waals surface area contributed by atoms with Gasteiger partial charge >= 0.3 is 6.09 Å². The van der Waals surface area contributed by atoms with Crippen molar-refractivity contribution >= 4 is 12.4 Å². The van der Waals surface area contributed by atoms with E-state index in [2.05, 4.69) is 5.43 Å². The van der Waals surface area contributed by atoms with Crippen molar-refractivity contribution in [1.29, 1.82) is 0 Å². The number of nitrogens with one attached hydrogen (secondary N) is 1. The van der Waals surface area contributed by atoms with Crippen LogP contribution >= 0.6 is 0 Å². The Morgan fingerprint density at radius 3 is 2.47 bits per heavy atom. The Labute approximate surface area is 102 Å². The summed E-state index contributed by atoms with van der Waals surface area (Å²) in [4.78, 5) is 21.9. The maximum atomic E-state index is 11.5. The molecule has 0 aliphatic carbocycles. The molecule has 0 saturated carbocycles. The Kier molecular flexibility index (Phi) is 4.93. The summed E-state index contributed by atoms with van der Waals surface area (Å²) < 4.78 is 5.17. The van der Waals surface area contributed by atoms with Gasteiger partial charge in [-0.3, -0.25) is 5.43 Å². The third-order valence-electron chi connectivity index (χ3n) is 2.69. The number of piperidine rings is 1. The minimum absolute atomic E-state index is 0.411. The lowest BCUT2D eigenvalue weighted by molar-refractivity contribution is -0.109. The molecule has 1 rings (SSSR count). The van der Waals surface area contributed by atoms with E-state index in [1.54, 1.807) is 0 Å². The van der Waals surface area contributed by atoms with Gasteiger partial charge in [-0.05, 0) is 39.5 Å². The number of amides is 1. The molecule has 1 heterocycles. The summed E-state index contributed by atoms with van der Waals surface area (Å²) in [5, 5.41) is 1.86. The zero-order chi connectivity index (χ0) is 12.9. The molecule has 5 heteroatoms. The molecule has 1 fully saturated rings. The molecule has 0 aromatic carbocycles. The van der Waals surface area contributed by atoms with Gasteiger partial charge in [0.2, 0.25) is 0 Å². The Morgan fingerprint density at radius 1 is 1.41 bits per heavy atom. The number of aldehydes is 1. The molecule has 98 valence electrons. The summed E-state index contributed by atoms with van der Waals surface area (Å²) in [6.45, 7) is 7.06. The van der Waals surface area contributed by atoms with Crippen LogP contribution in [-0.4, -0.2) is 36.1 Å². The van der Waals surface area contributed by atoms with Gasteiger partial charge in [0, 0.05) is 19.5 Å². The van der Waals surface area contributed by atoms with Crippen LogP contribution in [0, 0.1) is 5.92 Å². The summed E-state index contributed by atoms with van der Waals surface area (Å²) in [6.07, 6.45) is 3.07. The summed E-state index contributed by atoms with van der Waals surface area (Å²) in [5.74, 6) is 0.462. The second-order valence-corrected chi connectivity index (χ2v) is 5.45. The smallest absolute Gasteiger partial charge is 0.422 e. The quantitative estimate of drug-likeness (QED) is 0.766. The Balaban J connectivity index is 2.26. The minimum atomic E-state index is -0.472. The molecule has 0 aromatic heterocycles. The second kappa shape index (κ2) is 6.00. The first-order valence-corrected chi connectivity index (χ1v) is 6.09. The van der Waals surface area contributed by atoms with Gasteiger partial charge in [-0.25, -0.2) is 9.80 Å². The van der Waals surface area contributed by atoms with Crippen molar-refractivity contribution in [3.8, 4) is 0 Å². The van der Waals surface area contributed by atoms with E-state index >= 15 is 0 Å². The van der Waals surface area contributed by atoms with Crippen molar-refractivity contribution < 1.29 is 14.3 Å². The third-order valence-corrected chi connectivity index (χ3v) is 2.69. The Bertz CT molecular complexity index is 265. The normalized spacial score (nSPS) is 18.8. The molecule has 0 spiro atoms. The predicted molar refractivity (Wildman–Crippen MR) is 64.3 cm³/mol. The number of nitrogens with zero attached hydrogens (tertiary/aromatic N) is 1. The van der Waals surface area contributed by atoms with Crippen LogP contribution in [0.25, 0.3) is 0 Å². The highest BCUT2D eigenvalue weighted by Crippen LogP contribution is 2.18. The van der Waals surface area contributed by atoms with Gasteiger partial charge in [0.15, 0.2) is 0 Å². The number of ether oxygens (including phenoxy) is 1. The number of carbonyl (C=O) groups is 2. The van der Waals surface area contributed by atoms with Crippen LogP contribution in [0.4, 0.5) is 4.79 Å². The molecule has 0 aromatic rings. The van der Waals surface area contributed by atoms with Crippen LogP contribution in [0.15, 0.2) is 0 Å². The fourth-order valence-corrected chi connectivity index (χ4v) is 1.85. The standard InChI is InChI=1S/C12H22N2O3/c1-12(2,3)17-11(16)13-14-7-4-10(5-8-14)6-9-15/h9-10H,4-8H2,1-3H3,(H,13,16). The minimum Gasteiger partial charge on any atom is -0.443 e. The fourth-order valence-electron chi connectivity index (χ4n) is 1.85. The van der Waals surface area contributed by atoms with Crippen molar-refractivity contribution in [3.63, 3.8) is 0 Å². The lowest BCUT2D eigenvalue weighted by Crippen LogP contribution is -2.48. The maximum Gasteiger partial charge on any atom is 0.422 e. The van der Waals surface area contributed by atoms with E-state index in [-0.39, 0.29) is 0 Å². The number of rotatable bonds is 3. The number of hydrazine groups is 1. The molecule has 0 unspecified atom stereocenters. The van der Waals surface area contributed by atoms with E-state index in [0.29, 0.717) is 12.3 Å². The van der Waals surface area contributed by atoms with Gasteiger partial charge in [-0.15, -0.1) is 0 Å². The van der Waals surface area contributed by atoms with E-state index in [1.165, 1.54) is 0 Å². The largest absolute Gasteiger partial charge is 0.443 e. The average molecular weight is 242 g/mol. The highest BCUT2D eigenvalue weighted by Gasteiger charge is 2.22. The van der Waals surface area contributed by atoms with Crippen molar-refractivity contribution in [2.75, 3.05) is 13.1 Å². The third kappa shape index (κ3) is 5.68. The van der Waals surface area contributed by atoms with Crippen molar-refractivity contribution in [2.45, 2.75) is 45.6 Å². The fraction of sp³-hybridized carbons (Fsp3) is 0.833. The molecule has 0 atom stereocenters. The Hall–Kier alpha value is -1.10. The summed E-state index contributed by atoms with van der Waals surface area (Å²) in [6, 6.07) is 0. The van der Waals surface area contributed by atoms with Crippen LogP contribution in [0.5, 0.6) is 0 Å². The molecule has 1 saturated heterocycles. The molecule has 1 amide bonds. The van der Waals surface area contributed by atoms with Crippen LogP contribution < -0.4 is 5.43 Å². The molecular formula is C12H22N2O3. The SMILES string of the molecule is CC(C)(C)OC(=O)NN1CCC(CC=O)CC1. The average Bonchev–Trinajstić information content (AvgIpc) is 2.18. The number of carbonyl (C=O) groups excluding carboxylic acids is 2. The van der Waals surface area contributed by atoms with Crippen molar-refractivity contribution in [3.05, 3.63) is 0 Å². The van der Waals surface area contributed by atoms with Crippen LogP contribution in [0.1, 0.15) is 40.0 Å². The summed E-state index contributed by atoms with van der Waals surface area (Å²) in [7, 11) is 0. The van der Waals surface area contributed by atoms with Gasteiger partial charge in [-0.2, -0.15) is 0 Å². The first-order chi connectivity index (χ1) is 7.90. The Morgan fingerprint density at radius 2 is 2.00 bits per heavy atom. The first kappa shape index (κ1) is 14.0. The molecule has 1 aliphatic rings. The zero-order valence-electron chi connectivity index (χ0n) is 10.9. The van der Waals surface area contributed by atoms with Crippen molar-refractivity contribution in [1.82, 2.24) is 10.4 Å². The van der Waals surface area contributed by atoms with E-state index < -0.39 is 11.7 Å². The van der Waals surface area contributed by atoms with E-state index in [9.17, 15) is 9.59 Å². The maximum absolute atomic E-state index is 11.5. The van der Waals surface area contributed by atoms with Crippen LogP contribution in [-0.2, 0) is 9.53 Å². The molecular weight excluding hydrogens is 220 g/mol. The topological polar surface area (TPSA) is 58.6 Å². The molecule has 0 radical (unpaired) electrons. The van der Waals surface area contributed by atoms with Gasteiger partial charge < -0.3 is 9.53 Å². The molecule has 1 aliphatic heterocycles. The molecule has 5 nitrogen and oxygen atoms in total. The monoisotopic (exact) mass is 242 g/mol. The summed E-state index contributed by atoms with van der Waals surface area (Å²) >= 11 is 0. The van der Waals surface area contributed by atoms with Gasteiger partial charge in [0.1, 0.15) is 11.9 Å². The highest BCUT2D eigenvalue weighted by atomic mass is 16.6. The predicted octanol–water partition coefficient (Wildman–Crippen LogP) is 1.73.